The highest BCUT2D eigenvalue weighted by Gasteiger charge is 2.36. The molecule has 1 saturated carbocycles. The first kappa shape index (κ1) is 15.6. The van der Waals surface area contributed by atoms with Gasteiger partial charge in [-0.1, -0.05) is 0 Å². The Morgan fingerprint density at radius 3 is 2.87 bits per heavy atom. The molecule has 0 aromatic heterocycles. The van der Waals surface area contributed by atoms with Crippen LogP contribution in [-0.4, -0.2) is 42.5 Å². The summed E-state index contributed by atoms with van der Waals surface area (Å²) in [6.45, 7) is 2.17. The fourth-order valence-corrected chi connectivity index (χ4v) is 2.98. The first-order valence-corrected chi connectivity index (χ1v) is 7.93. The predicted molar refractivity (Wildman–Crippen MR) is 85.5 cm³/mol. The zero-order valence-corrected chi connectivity index (χ0v) is 13.2. The minimum Gasteiger partial charge on any atom is -0.496 e. The number of amides is 1. The van der Waals surface area contributed by atoms with Gasteiger partial charge in [-0.2, -0.15) is 0 Å². The Balaban J connectivity index is 1.58. The second-order valence-corrected chi connectivity index (χ2v) is 6.23. The molecule has 7 nitrogen and oxygen atoms in total. The third-order valence-electron chi connectivity index (χ3n) is 4.51. The van der Waals surface area contributed by atoms with Gasteiger partial charge in [0.1, 0.15) is 11.4 Å². The van der Waals surface area contributed by atoms with Gasteiger partial charge >= 0.3 is 0 Å². The number of rotatable bonds is 6. The molecule has 2 aliphatic rings. The summed E-state index contributed by atoms with van der Waals surface area (Å²) in [5.74, 6) is 1.33. The lowest BCUT2D eigenvalue weighted by Gasteiger charge is -2.17. The molecule has 3 rings (SSSR count). The molecule has 1 aliphatic heterocycles. The Bertz CT molecular complexity index is 615. The molecule has 1 heterocycles. The van der Waals surface area contributed by atoms with Gasteiger partial charge in [-0.3, -0.25) is 14.9 Å². The predicted octanol–water partition coefficient (Wildman–Crippen LogP) is 2.27. The standard InChI is InChI=1S/C16H21N3O4/c1-23-13-4-5-14(15(8-13)19(21)22)17-9-11-6-7-18(10-11)16(20)12-2-3-12/h4-5,8,11-12,17H,2-3,6-7,9-10H2,1H3/t11-/m0/s1. The fourth-order valence-electron chi connectivity index (χ4n) is 2.98. The molecule has 2 fully saturated rings. The maximum atomic E-state index is 12.0. The second-order valence-electron chi connectivity index (χ2n) is 6.23. The van der Waals surface area contributed by atoms with Crippen molar-refractivity contribution in [1.82, 2.24) is 4.90 Å². The van der Waals surface area contributed by atoms with Crippen LogP contribution in [0.1, 0.15) is 19.3 Å². The summed E-state index contributed by atoms with van der Waals surface area (Å²) in [4.78, 5) is 24.7. The topological polar surface area (TPSA) is 84.7 Å². The maximum Gasteiger partial charge on any atom is 0.296 e. The summed E-state index contributed by atoms with van der Waals surface area (Å²) in [7, 11) is 1.48. The number of ether oxygens (including phenoxy) is 1. The van der Waals surface area contributed by atoms with Gasteiger partial charge in [-0.05, 0) is 37.3 Å². The molecule has 0 bridgehead atoms. The van der Waals surface area contributed by atoms with Crippen LogP contribution in [-0.2, 0) is 4.79 Å². The van der Waals surface area contributed by atoms with E-state index >= 15 is 0 Å². The molecule has 1 atom stereocenters. The van der Waals surface area contributed by atoms with Crippen LogP contribution in [0, 0.1) is 22.0 Å². The lowest BCUT2D eigenvalue weighted by Crippen LogP contribution is -2.30. The number of methoxy groups -OCH3 is 1. The van der Waals surface area contributed by atoms with Crippen LogP contribution in [0.15, 0.2) is 18.2 Å². The molecular weight excluding hydrogens is 298 g/mol. The molecule has 1 saturated heterocycles. The molecule has 1 N–H and O–H groups in total. The van der Waals surface area contributed by atoms with E-state index in [-0.39, 0.29) is 17.5 Å². The molecule has 0 unspecified atom stereocenters. The molecule has 7 heteroatoms. The number of likely N-dealkylation sites (tertiary alicyclic amines) is 1. The number of carbonyl (C=O) groups is 1. The lowest BCUT2D eigenvalue weighted by molar-refractivity contribution is -0.384. The molecule has 1 aliphatic carbocycles. The molecule has 1 aromatic rings. The van der Waals surface area contributed by atoms with Gasteiger partial charge in [0.2, 0.25) is 5.91 Å². The van der Waals surface area contributed by atoms with Crippen LogP contribution >= 0.6 is 0 Å². The van der Waals surface area contributed by atoms with E-state index in [0.717, 1.165) is 32.4 Å². The average molecular weight is 319 g/mol. The summed E-state index contributed by atoms with van der Waals surface area (Å²) in [6.07, 6.45) is 2.99. The minimum atomic E-state index is -0.414. The number of nitrogens with one attached hydrogen (secondary N) is 1. The Hall–Kier alpha value is -2.31. The SMILES string of the molecule is COc1ccc(NC[C@@H]2CCN(C(=O)C3CC3)C2)c([N+](=O)[O-])c1. The van der Waals surface area contributed by atoms with Gasteiger partial charge in [0, 0.05) is 25.6 Å². The summed E-state index contributed by atoms with van der Waals surface area (Å²) >= 11 is 0. The summed E-state index contributed by atoms with van der Waals surface area (Å²) in [5.41, 5.74) is 0.496. The van der Waals surface area contributed by atoms with Crippen molar-refractivity contribution in [3.63, 3.8) is 0 Å². The van der Waals surface area contributed by atoms with Gasteiger partial charge in [-0.15, -0.1) is 0 Å². The summed E-state index contributed by atoms with van der Waals surface area (Å²) in [6, 6.07) is 4.78. The number of hydrogen-bond acceptors (Lipinski definition) is 5. The third kappa shape index (κ3) is 3.55. The van der Waals surface area contributed by atoms with Crippen molar-refractivity contribution in [3.8, 4) is 5.75 Å². The summed E-state index contributed by atoms with van der Waals surface area (Å²) < 4.78 is 5.03. The maximum absolute atomic E-state index is 12.0. The van der Waals surface area contributed by atoms with Crippen LogP contribution < -0.4 is 10.1 Å². The van der Waals surface area contributed by atoms with E-state index in [1.54, 1.807) is 12.1 Å². The van der Waals surface area contributed by atoms with Crippen LogP contribution in [0.5, 0.6) is 5.75 Å². The van der Waals surface area contributed by atoms with Crippen molar-refractivity contribution < 1.29 is 14.5 Å². The van der Waals surface area contributed by atoms with Crippen molar-refractivity contribution in [2.24, 2.45) is 11.8 Å². The third-order valence-corrected chi connectivity index (χ3v) is 4.51. The van der Waals surface area contributed by atoms with Gasteiger partial charge < -0.3 is 15.0 Å². The zero-order chi connectivity index (χ0) is 16.4. The van der Waals surface area contributed by atoms with E-state index in [0.29, 0.717) is 23.9 Å². The molecule has 1 aromatic carbocycles. The van der Waals surface area contributed by atoms with E-state index in [4.69, 9.17) is 4.74 Å². The van der Waals surface area contributed by atoms with Crippen molar-refractivity contribution in [2.75, 3.05) is 32.1 Å². The van der Waals surface area contributed by atoms with E-state index in [2.05, 4.69) is 5.32 Å². The monoisotopic (exact) mass is 319 g/mol. The van der Waals surface area contributed by atoms with E-state index in [9.17, 15) is 14.9 Å². The second kappa shape index (κ2) is 6.44. The van der Waals surface area contributed by atoms with Crippen LogP contribution in [0.3, 0.4) is 0 Å². The van der Waals surface area contributed by atoms with Gasteiger partial charge in [-0.25, -0.2) is 0 Å². The minimum absolute atomic E-state index is 0.00765. The lowest BCUT2D eigenvalue weighted by atomic mass is 10.1. The Morgan fingerprint density at radius 2 is 2.22 bits per heavy atom. The van der Waals surface area contributed by atoms with Crippen molar-refractivity contribution in [1.29, 1.82) is 0 Å². The Morgan fingerprint density at radius 1 is 1.43 bits per heavy atom. The van der Waals surface area contributed by atoms with Crippen LogP contribution in [0.4, 0.5) is 11.4 Å². The average Bonchev–Trinajstić information content (AvgIpc) is 3.30. The van der Waals surface area contributed by atoms with Crippen LogP contribution in [0.2, 0.25) is 0 Å². The summed E-state index contributed by atoms with van der Waals surface area (Å²) in [5, 5.41) is 14.3. The quantitative estimate of drug-likeness (QED) is 0.642. The fraction of sp³-hybridized carbons (Fsp3) is 0.562. The first-order chi connectivity index (χ1) is 11.1. The number of anilines is 1. The number of nitro benzene ring substituents is 1. The van der Waals surface area contributed by atoms with Gasteiger partial charge in [0.25, 0.3) is 5.69 Å². The Labute approximate surface area is 134 Å². The molecule has 23 heavy (non-hydrogen) atoms. The Kier molecular flexibility index (Phi) is 4.36. The highest BCUT2D eigenvalue weighted by molar-refractivity contribution is 5.81. The van der Waals surface area contributed by atoms with E-state index in [1.807, 2.05) is 4.90 Å². The zero-order valence-electron chi connectivity index (χ0n) is 13.2. The smallest absolute Gasteiger partial charge is 0.296 e. The normalized spacial score (nSPS) is 20.4. The number of benzene rings is 1. The van der Waals surface area contributed by atoms with Crippen molar-refractivity contribution >= 4 is 17.3 Å². The molecule has 0 radical (unpaired) electrons. The van der Waals surface area contributed by atoms with Crippen molar-refractivity contribution in [3.05, 3.63) is 28.3 Å². The van der Waals surface area contributed by atoms with E-state index < -0.39 is 4.92 Å². The number of hydrogen-bond donors (Lipinski definition) is 1. The first-order valence-electron chi connectivity index (χ1n) is 7.93. The highest BCUT2D eigenvalue weighted by Crippen LogP contribution is 2.33. The van der Waals surface area contributed by atoms with Gasteiger partial charge in [0.05, 0.1) is 18.1 Å². The number of carbonyl (C=O) groups excluding carboxylic acids is 1. The van der Waals surface area contributed by atoms with Crippen molar-refractivity contribution in [2.45, 2.75) is 19.3 Å². The largest absolute Gasteiger partial charge is 0.496 e. The highest BCUT2D eigenvalue weighted by atomic mass is 16.6. The van der Waals surface area contributed by atoms with E-state index in [1.165, 1.54) is 13.2 Å². The molecule has 124 valence electrons. The number of nitrogens with zero attached hydrogens (tertiary/aromatic N) is 2. The molecular formula is C16H21N3O4. The molecule has 1 amide bonds. The number of nitro groups is 1. The molecule has 0 spiro atoms. The van der Waals surface area contributed by atoms with Gasteiger partial charge in [0.15, 0.2) is 0 Å². The van der Waals surface area contributed by atoms with Crippen LogP contribution in [0.25, 0.3) is 0 Å².